The molecule has 1 N–H and O–H groups in total. The van der Waals surface area contributed by atoms with Crippen LogP contribution in [0.2, 0.25) is 5.02 Å². The molecule has 0 radical (unpaired) electrons. The fourth-order valence-electron chi connectivity index (χ4n) is 1.12. The molecule has 1 aromatic heterocycles. The Hall–Kier alpha value is 0.0700. The van der Waals surface area contributed by atoms with Crippen molar-refractivity contribution in [2.24, 2.45) is 0 Å². The summed E-state index contributed by atoms with van der Waals surface area (Å²) < 4.78 is 0.898. The summed E-state index contributed by atoms with van der Waals surface area (Å²) in [7, 11) is 0. The van der Waals surface area contributed by atoms with Crippen LogP contribution >= 0.6 is 39.3 Å². The molecular weight excluding hydrogens is 296 g/mol. The molecule has 1 rings (SSSR count). The van der Waals surface area contributed by atoms with Crippen molar-refractivity contribution >= 4 is 45.1 Å². The lowest BCUT2D eigenvalue weighted by Gasteiger charge is -2.14. The molecule has 0 saturated carbocycles. The summed E-state index contributed by atoms with van der Waals surface area (Å²) in [5.74, 6) is 1.90. The quantitative estimate of drug-likeness (QED) is 0.888. The minimum Gasteiger partial charge on any atom is -0.366 e. The molecule has 1 aromatic rings. The van der Waals surface area contributed by atoms with Gasteiger partial charge >= 0.3 is 0 Å². The van der Waals surface area contributed by atoms with Gasteiger partial charge in [-0.1, -0.05) is 11.6 Å². The third kappa shape index (κ3) is 4.62. The van der Waals surface area contributed by atoms with Gasteiger partial charge in [-0.3, -0.25) is 0 Å². The molecule has 1 atom stereocenters. The predicted octanol–water partition coefficient (Wildman–Crippen LogP) is 4.05. The van der Waals surface area contributed by atoms with Crippen molar-refractivity contribution in [1.29, 1.82) is 0 Å². The number of aromatic nitrogens is 1. The molecule has 0 spiro atoms. The summed E-state index contributed by atoms with van der Waals surface area (Å²) in [6, 6.07) is 2.24. The van der Waals surface area contributed by atoms with E-state index in [1.165, 1.54) is 0 Å². The van der Waals surface area contributed by atoms with Gasteiger partial charge in [0, 0.05) is 16.7 Å². The maximum atomic E-state index is 6.05. The van der Waals surface area contributed by atoms with Crippen molar-refractivity contribution in [3.63, 3.8) is 0 Å². The molecule has 0 aliphatic carbocycles. The highest BCUT2D eigenvalue weighted by Gasteiger charge is 2.06. The van der Waals surface area contributed by atoms with E-state index in [0.29, 0.717) is 11.1 Å². The third-order valence-corrected chi connectivity index (χ3v) is 3.31. The average Bonchev–Trinajstić information content (AvgIpc) is 2.19. The van der Waals surface area contributed by atoms with Crippen LogP contribution in [0.1, 0.15) is 13.3 Å². The highest BCUT2D eigenvalue weighted by atomic mass is 79.9. The van der Waals surface area contributed by atoms with Crippen molar-refractivity contribution in [3.8, 4) is 0 Å². The van der Waals surface area contributed by atoms with E-state index < -0.39 is 0 Å². The Kier molecular flexibility index (Phi) is 5.79. The van der Waals surface area contributed by atoms with E-state index in [0.717, 1.165) is 22.5 Å². The zero-order chi connectivity index (χ0) is 11.3. The predicted molar refractivity (Wildman–Crippen MR) is 73.0 cm³/mol. The summed E-state index contributed by atoms with van der Waals surface area (Å²) in [4.78, 5) is 4.23. The summed E-state index contributed by atoms with van der Waals surface area (Å²) >= 11 is 11.2. The number of nitrogens with one attached hydrogen (secondary N) is 1. The molecule has 2 nitrogen and oxygen atoms in total. The van der Waals surface area contributed by atoms with Crippen molar-refractivity contribution in [3.05, 3.63) is 21.8 Å². The topological polar surface area (TPSA) is 24.9 Å². The van der Waals surface area contributed by atoms with Crippen LogP contribution in [0.25, 0.3) is 0 Å². The maximum Gasteiger partial charge on any atom is 0.145 e. The Morgan fingerprint density at radius 1 is 1.67 bits per heavy atom. The molecule has 5 heteroatoms. The molecule has 0 aliphatic heterocycles. The molecule has 0 amide bonds. The lowest BCUT2D eigenvalue weighted by molar-refractivity contribution is 0.767. The normalized spacial score (nSPS) is 12.5. The van der Waals surface area contributed by atoms with E-state index in [1.54, 1.807) is 6.20 Å². The lowest BCUT2D eigenvalue weighted by atomic mass is 10.2. The second-order valence-electron chi connectivity index (χ2n) is 3.31. The zero-order valence-electron chi connectivity index (χ0n) is 8.76. The Bertz CT molecular complexity index is 322. The Labute approximate surface area is 108 Å². The number of halogens is 2. The summed E-state index contributed by atoms with van der Waals surface area (Å²) in [5.41, 5.74) is 0. The number of thioether (sulfide) groups is 1. The van der Waals surface area contributed by atoms with Crippen LogP contribution < -0.4 is 5.32 Å². The molecule has 84 valence electrons. The number of nitrogens with zero attached hydrogens (tertiary/aromatic N) is 1. The van der Waals surface area contributed by atoms with Crippen LogP contribution in [0.15, 0.2) is 16.7 Å². The maximum absolute atomic E-state index is 6.05. The zero-order valence-corrected chi connectivity index (χ0v) is 11.9. The standard InChI is InChI=1S/C10H14BrClN2S/c1-7(3-4-15-2)14-10-9(12)5-8(11)6-13-10/h5-7H,3-4H2,1-2H3,(H,13,14). The Balaban J connectivity index is 2.56. The first-order valence-electron chi connectivity index (χ1n) is 4.70. The minimum atomic E-state index is 0.392. The van der Waals surface area contributed by atoms with Gasteiger partial charge in [0.1, 0.15) is 5.82 Å². The average molecular weight is 310 g/mol. The molecule has 0 aliphatic rings. The molecule has 1 heterocycles. The molecule has 0 saturated heterocycles. The van der Waals surface area contributed by atoms with Gasteiger partial charge in [0.25, 0.3) is 0 Å². The van der Waals surface area contributed by atoms with Gasteiger partial charge < -0.3 is 5.32 Å². The number of hydrogen-bond donors (Lipinski definition) is 1. The number of anilines is 1. The summed E-state index contributed by atoms with van der Waals surface area (Å²) in [6.45, 7) is 2.14. The van der Waals surface area contributed by atoms with Gasteiger partial charge in [-0.2, -0.15) is 11.8 Å². The molecule has 1 unspecified atom stereocenters. The lowest BCUT2D eigenvalue weighted by Crippen LogP contribution is -2.17. The number of hydrogen-bond acceptors (Lipinski definition) is 3. The van der Waals surface area contributed by atoms with Crippen molar-refractivity contribution in [2.45, 2.75) is 19.4 Å². The smallest absolute Gasteiger partial charge is 0.145 e. The van der Waals surface area contributed by atoms with Crippen LogP contribution in [0.4, 0.5) is 5.82 Å². The van der Waals surface area contributed by atoms with Crippen LogP contribution in [0, 0.1) is 0 Å². The molecule has 0 fully saturated rings. The Morgan fingerprint density at radius 2 is 2.40 bits per heavy atom. The van der Waals surface area contributed by atoms with Crippen molar-refractivity contribution in [2.75, 3.05) is 17.3 Å². The highest BCUT2D eigenvalue weighted by molar-refractivity contribution is 9.10. The first kappa shape index (κ1) is 13.1. The van der Waals surface area contributed by atoms with Gasteiger partial charge in [-0.15, -0.1) is 0 Å². The molecule has 0 aromatic carbocycles. The highest BCUT2D eigenvalue weighted by Crippen LogP contribution is 2.23. The second kappa shape index (κ2) is 6.61. The van der Waals surface area contributed by atoms with Gasteiger partial charge in [-0.05, 0) is 47.3 Å². The summed E-state index contributed by atoms with van der Waals surface area (Å²) in [6.07, 6.45) is 4.96. The van der Waals surface area contributed by atoms with Gasteiger partial charge in [0.05, 0.1) is 5.02 Å². The van der Waals surface area contributed by atoms with Gasteiger partial charge in [-0.25, -0.2) is 4.98 Å². The van der Waals surface area contributed by atoms with Crippen molar-refractivity contribution in [1.82, 2.24) is 4.98 Å². The molecular formula is C10H14BrClN2S. The third-order valence-electron chi connectivity index (χ3n) is 1.95. The number of pyridine rings is 1. The monoisotopic (exact) mass is 308 g/mol. The SMILES string of the molecule is CSCCC(C)Nc1ncc(Br)cc1Cl. The van der Waals surface area contributed by atoms with Crippen LogP contribution in [0.5, 0.6) is 0 Å². The van der Waals surface area contributed by atoms with E-state index in [9.17, 15) is 0 Å². The van der Waals surface area contributed by atoms with Crippen LogP contribution in [0.3, 0.4) is 0 Å². The van der Waals surface area contributed by atoms with Crippen LogP contribution in [-0.4, -0.2) is 23.0 Å². The van der Waals surface area contributed by atoms with Gasteiger partial charge in [0.2, 0.25) is 0 Å². The van der Waals surface area contributed by atoms with Crippen molar-refractivity contribution < 1.29 is 0 Å². The second-order valence-corrected chi connectivity index (χ2v) is 5.62. The van der Waals surface area contributed by atoms with E-state index in [-0.39, 0.29) is 0 Å². The van der Waals surface area contributed by atoms with Crippen LogP contribution in [-0.2, 0) is 0 Å². The van der Waals surface area contributed by atoms with E-state index >= 15 is 0 Å². The summed E-state index contributed by atoms with van der Waals surface area (Å²) in [5, 5.41) is 3.95. The fraction of sp³-hybridized carbons (Fsp3) is 0.500. The van der Waals surface area contributed by atoms with Gasteiger partial charge in [0.15, 0.2) is 0 Å². The first-order chi connectivity index (χ1) is 7.13. The van der Waals surface area contributed by atoms with E-state index in [1.807, 2.05) is 17.8 Å². The van der Waals surface area contributed by atoms with E-state index in [4.69, 9.17) is 11.6 Å². The molecule has 0 bridgehead atoms. The largest absolute Gasteiger partial charge is 0.366 e. The molecule has 15 heavy (non-hydrogen) atoms. The van der Waals surface area contributed by atoms with E-state index in [2.05, 4.69) is 39.4 Å². The first-order valence-corrected chi connectivity index (χ1v) is 7.26. The Morgan fingerprint density at radius 3 is 3.00 bits per heavy atom. The minimum absolute atomic E-state index is 0.392. The fourth-order valence-corrected chi connectivity index (χ4v) is 2.39. The number of rotatable bonds is 5.